The summed E-state index contributed by atoms with van der Waals surface area (Å²) in [5.74, 6) is -0.620. The fourth-order valence-corrected chi connectivity index (χ4v) is 1.66. The van der Waals surface area contributed by atoms with Crippen molar-refractivity contribution < 1.29 is 17.6 Å². The van der Waals surface area contributed by atoms with Gasteiger partial charge in [0.25, 0.3) is 0 Å². The molecule has 1 unspecified atom stereocenters. The summed E-state index contributed by atoms with van der Waals surface area (Å²) in [5, 5.41) is 1.88. The average Bonchev–Trinajstić information content (AvgIpc) is 2.12. The first-order chi connectivity index (χ1) is 7.27. The molecule has 0 bridgehead atoms. The van der Waals surface area contributed by atoms with Crippen LogP contribution in [0.25, 0.3) is 0 Å². The van der Waals surface area contributed by atoms with Crippen LogP contribution in [0.15, 0.2) is 12.1 Å². The molecule has 90 valence electrons. The number of nitrogens with one attached hydrogen (secondary N) is 1. The van der Waals surface area contributed by atoms with Crippen molar-refractivity contribution in [2.75, 3.05) is 7.05 Å². The normalized spacial score (nSPS) is 13.9. The van der Waals surface area contributed by atoms with Gasteiger partial charge in [0.1, 0.15) is 11.9 Å². The Morgan fingerprint density at radius 2 is 1.88 bits per heavy atom. The first-order valence-corrected chi connectivity index (χ1v) is 4.84. The molecule has 0 aliphatic heterocycles. The lowest BCUT2D eigenvalue weighted by Crippen LogP contribution is -2.32. The maximum absolute atomic E-state index is 13.0. The average molecular weight is 256 g/mol. The van der Waals surface area contributed by atoms with Crippen LogP contribution < -0.4 is 5.32 Å². The lowest BCUT2D eigenvalue weighted by atomic mass is 10.0. The molecule has 0 saturated heterocycles. The number of hydrogen-bond acceptors (Lipinski definition) is 1. The molecule has 1 aromatic rings. The summed E-state index contributed by atoms with van der Waals surface area (Å²) in [5.41, 5.74) is -0.0422. The highest BCUT2D eigenvalue weighted by Gasteiger charge is 2.40. The monoisotopic (exact) mass is 255 g/mol. The second-order valence-electron chi connectivity index (χ2n) is 3.39. The van der Waals surface area contributed by atoms with Crippen molar-refractivity contribution in [3.05, 3.63) is 34.1 Å². The summed E-state index contributed by atoms with van der Waals surface area (Å²) in [4.78, 5) is 0. The highest BCUT2D eigenvalue weighted by Crippen LogP contribution is 2.36. The molecule has 0 aliphatic carbocycles. The Labute approximate surface area is 95.4 Å². The number of aryl methyl sites for hydroxylation is 1. The lowest BCUT2D eigenvalue weighted by Gasteiger charge is -2.21. The highest BCUT2D eigenvalue weighted by molar-refractivity contribution is 6.31. The molecule has 0 spiro atoms. The van der Waals surface area contributed by atoms with E-state index in [0.717, 1.165) is 12.1 Å². The van der Waals surface area contributed by atoms with E-state index in [2.05, 4.69) is 5.32 Å². The fraction of sp³-hybridized carbons (Fsp3) is 0.400. The van der Waals surface area contributed by atoms with E-state index in [0.29, 0.717) is 0 Å². The first kappa shape index (κ1) is 13.3. The predicted molar refractivity (Wildman–Crippen MR) is 54.0 cm³/mol. The van der Waals surface area contributed by atoms with E-state index >= 15 is 0 Å². The molecule has 1 rings (SSSR count). The van der Waals surface area contributed by atoms with Gasteiger partial charge in [0, 0.05) is 5.02 Å². The van der Waals surface area contributed by atoms with Gasteiger partial charge in [0.15, 0.2) is 0 Å². The van der Waals surface area contributed by atoms with E-state index < -0.39 is 18.0 Å². The summed E-state index contributed by atoms with van der Waals surface area (Å²) < 4.78 is 50.8. The summed E-state index contributed by atoms with van der Waals surface area (Å²) in [6.45, 7) is 1.39. The first-order valence-electron chi connectivity index (χ1n) is 4.47. The number of rotatable bonds is 2. The Hall–Kier alpha value is -0.810. The number of hydrogen-bond donors (Lipinski definition) is 1. The molecule has 1 atom stereocenters. The van der Waals surface area contributed by atoms with E-state index in [4.69, 9.17) is 11.6 Å². The van der Waals surface area contributed by atoms with Gasteiger partial charge in [-0.1, -0.05) is 11.6 Å². The summed E-state index contributed by atoms with van der Waals surface area (Å²) in [6, 6.07) is 0.105. The zero-order valence-electron chi connectivity index (χ0n) is 8.62. The standard InChI is InChI=1S/C10H10ClF4N/c1-5-3-6(7(11)4-8(5)12)9(16-2)10(13,14)15/h3-4,9,16H,1-2H3. The molecule has 1 aromatic carbocycles. The lowest BCUT2D eigenvalue weighted by molar-refractivity contribution is -0.156. The van der Waals surface area contributed by atoms with Crippen molar-refractivity contribution >= 4 is 11.6 Å². The molecule has 0 fully saturated rings. The number of alkyl halides is 3. The van der Waals surface area contributed by atoms with Crippen molar-refractivity contribution in [2.24, 2.45) is 0 Å². The van der Waals surface area contributed by atoms with E-state index in [9.17, 15) is 17.6 Å². The van der Waals surface area contributed by atoms with Crippen molar-refractivity contribution in [3.63, 3.8) is 0 Å². The van der Waals surface area contributed by atoms with E-state index in [-0.39, 0.29) is 16.1 Å². The van der Waals surface area contributed by atoms with E-state index in [1.807, 2.05) is 0 Å². The summed E-state index contributed by atoms with van der Waals surface area (Å²) in [6.07, 6.45) is -4.47. The SMILES string of the molecule is CNC(c1cc(C)c(F)cc1Cl)C(F)(F)F. The minimum absolute atomic E-state index is 0.129. The Bertz CT molecular complexity index is 389. The quantitative estimate of drug-likeness (QED) is 0.796. The third kappa shape index (κ3) is 2.65. The van der Waals surface area contributed by atoms with Crippen LogP contribution in [-0.2, 0) is 0 Å². The van der Waals surface area contributed by atoms with E-state index in [1.54, 1.807) is 0 Å². The van der Waals surface area contributed by atoms with Crippen LogP contribution >= 0.6 is 11.6 Å². The van der Waals surface area contributed by atoms with Gasteiger partial charge >= 0.3 is 6.18 Å². The van der Waals surface area contributed by atoms with Gasteiger partial charge in [0.2, 0.25) is 0 Å². The molecular formula is C10H10ClF4N. The molecule has 0 saturated carbocycles. The molecule has 0 heterocycles. The number of benzene rings is 1. The van der Waals surface area contributed by atoms with Crippen LogP contribution in [0.4, 0.5) is 17.6 Å². The second-order valence-corrected chi connectivity index (χ2v) is 3.79. The topological polar surface area (TPSA) is 12.0 Å². The Morgan fingerprint density at radius 1 is 1.31 bits per heavy atom. The van der Waals surface area contributed by atoms with Gasteiger partial charge in [-0.05, 0) is 37.2 Å². The third-order valence-corrected chi connectivity index (χ3v) is 2.53. The van der Waals surface area contributed by atoms with Crippen molar-refractivity contribution in [3.8, 4) is 0 Å². The molecular weight excluding hydrogens is 246 g/mol. The van der Waals surface area contributed by atoms with Gasteiger partial charge in [-0.25, -0.2) is 4.39 Å². The molecule has 16 heavy (non-hydrogen) atoms. The van der Waals surface area contributed by atoms with Crippen LogP contribution in [-0.4, -0.2) is 13.2 Å². The van der Waals surface area contributed by atoms with Crippen molar-refractivity contribution in [2.45, 2.75) is 19.1 Å². The maximum Gasteiger partial charge on any atom is 0.407 e. The van der Waals surface area contributed by atoms with Crippen LogP contribution in [0.3, 0.4) is 0 Å². The minimum Gasteiger partial charge on any atom is -0.305 e. The Balaban J connectivity index is 3.26. The van der Waals surface area contributed by atoms with Crippen LogP contribution in [0.2, 0.25) is 5.02 Å². The number of halogens is 5. The molecule has 0 amide bonds. The molecule has 0 aromatic heterocycles. The summed E-state index contributed by atoms with van der Waals surface area (Å²) in [7, 11) is 1.17. The molecule has 0 aliphatic rings. The van der Waals surface area contributed by atoms with Crippen molar-refractivity contribution in [1.82, 2.24) is 5.32 Å². The van der Waals surface area contributed by atoms with Gasteiger partial charge in [-0.2, -0.15) is 13.2 Å². The van der Waals surface area contributed by atoms with E-state index in [1.165, 1.54) is 14.0 Å². The Kier molecular flexibility index (Phi) is 3.80. The Morgan fingerprint density at radius 3 is 2.31 bits per heavy atom. The maximum atomic E-state index is 13.0. The summed E-state index contributed by atoms with van der Waals surface area (Å²) >= 11 is 5.60. The molecule has 0 radical (unpaired) electrons. The van der Waals surface area contributed by atoms with Gasteiger partial charge < -0.3 is 5.32 Å². The fourth-order valence-electron chi connectivity index (χ4n) is 1.40. The minimum atomic E-state index is -4.47. The molecule has 1 nitrogen and oxygen atoms in total. The van der Waals surface area contributed by atoms with Gasteiger partial charge in [-0.15, -0.1) is 0 Å². The molecule has 1 N–H and O–H groups in total. The molecule has 6 heteroatoms. The largest absolute Gasteiger partial charge is 0.407 e. The highest BCUT2D eigenvalue weighted by atomic mass is 35.5. The van der Waals surface area contributed by atoms with Gasteiger partial charge in [-0.3, -0.25) is 0 Å². The zero-order chi connectivity index (χ0) is 12.5. The van der Waals surface area contributed by atoms with Gasteiger partial charge in [0.05, 0.1) is 0 Å². The smallest absolute Gasteiger partial charge is 0.305 e. The van der Waals surface area contributed by atoms with Crippen LogP contribution in [0.5, 0.6) is 0 Å². The van der Waals surface area contributed by atoms with Crippen molar-refractivity contribution in [1.29, 1.82) is 0 Å². The zero-order valence-corrected chi connectivity index (χ0v) is 9.38. The third-order valence-electron chi connectivity index (χ3n) is 2.20. The second kappa shape index (κ2) is 4.59. The predicted octanol–water partition coefficient (Wildman–Crippen LogP) is 3.61. The van der Waals surface area contributed by atoms with Crippen LogP contribution in [0.1, 0.15) is 17.2 Å². The van der Waals surface area contributed by atoms with Crippen LogP contribution in [0, 0.1) is 12.7 Å².